The van der Waals surface area contributed by atoms with Crippen LogP contribution < -0.4 is 9.47 Å². The first-order valence-electron chi connectivity index (χ1n) is 6.70. The minimum atomic E-state index is -3.43. The number of aromatic carboxylic acids is 1. The van der Waals surface area contributed by atoms with E-state index in [-0.39, 0.29) is 5.56 Å². The van der Waals surface area contributed by atoms with Gasteiger partial charge in [0.25, 0.3) is 0 Å². The zero-order valence-electron chi connectivity index (χ0n) is 12.7. The molecule has 0 amide bonds. The Bertz CT molecular complexity index is 824. The van der Waals surface area contributed by atoms with Crippen LogP contribution in [0.5, 0.6) is 11.5 Å². The number of methoxy groups -OCH3 is 1. The summed E-state index contributed by atoms with van der Waals surface area (Å²) in [5, 5.41) is 9.01. The van der Waals surface area contributed by atoms with Crippen molar-refractivity contribution in [3.8, 4) is 11.5 Å². The van der Waals surface area contributed by atoms with Crippen LogP contribution in [0.3, 0.4) is 0 Å². The lowest BCUT2D eigenvalue weighted by Gasteiger charge is -2.10. The molecule has 0 atom stereocenters. The van der Waals surface area contributed by atoms with E-state index in [0.29, 0.717) is 17.9 Å². The summed E-state index contributed by atoms with van der Waals surface area (Å²) in [6, 6.07) is 2.70. The van der Waals surface area contributed by atoms with Gasteiger partial charge in [-0.25, -0.2) is 13.6 Å². The smallest absolute Gasteiger partial charge is 0.387 e. The van der Waals surface area contributed by atoms with Gasteiger partial charge >= 0.3 is 12.6 Å². The Morgan fingerprint density at radius 3 is 2.60 bits per heavy atom. The molecule has 1 N–H and O–H groups in total. The Hall–Kier alpha value is -3.10. The molecule has 0 saturated carbocycles. The molecule has 2 rings (SSSR count). The first kappa shape index (κ1) is 18.2. The first-order chi connectivity index (χ1) is 11.8. The Morgan fingerprint density at radius 1 is 1.28 bits per heavy atom. The number of pyridine rings is 1. The third kappa shape index (κ3) is 4.46. The number of carbonyl (C=O) groups is 1. The van der Waals surface area contributed by atoms with E-state index in [1.54, 1.807) is 0 Å². The van der Waals surface area contributed by atoms with Gasteiger partial charge in [-0.3, -0.25) is 4.98 Å². The fourth-order valence-corrected chi connectivity index (χ4v) is 1.95. The second-order valence-electron chi connectivity index (χ2n) is 4.67. The molecule has 0 aliphatic carbocycles. The van der Waals surface area contributed by atoms with E-state index >= 15 is 0 Å². The number of hydrogen-bond acceptors (Lipinski definition) is 4. The Kier molecular flexibility index (Phi) is 5.58. The van der Waals surface area contributed by atoms with Gasteiger partial charge in [0.1, 0.15) is 17.1 Å². The summed E-state index contributed by atoms with van der Waals surface area (Å²) in [5.41, 5.74) is -1.12. The summed E-state index contributed by atoms with van der Waals surface area (Å²) in [5.74, 6) is -4.99. The summed E-state index contributed by atoms with van der Waals surface area (Å²) < 4.78 is 61.6. The van der Waals surface area contributed by atoms with Crippen LogP contribution in [-0.2, 0) is 0 Å². The third-order valence-corrected chi connectivity index (χ3v) is 3.02. The lowest BCUT2D eigenvalue weighted by Crippen LogP contribution is -2.10. The monoisotopic (exact) mass is 357 g/mol. The van der Waals surface area contributed by atoms with E-state index in [4.69, 9.17) is 9.84 Å². The van der Waals surface area contributed by atoms with Gasteiger partial charge in [0.15, 0.2) is 11.6 Å². The highest BCUT2D eigenvalue weighted by atomic mass is 19.3. The van der Waals surface area contributed by atoms with Crippen molar-refractivity contribution in [2.75, 3.05) is 7.11 Å². The topological polar surface area (TPSA) is 68.7 Å². The molecule has 0 aliphatic heterocycles. The lowest BCUT2D eigenvalue weighted by molar-refractivity contribution is -0.0527. The summed E-state index contributed by atoms with van der Waals surface area (Å²) >= 11 is 0. The second kappa shape index (κ2) is 7.65. The largest absolute Gasteiger partial charge is 0.495 e. The van der Waals surface area contributed by atoms with Gasteiger partial charge in [0.05, 0.1) is 13.3 Å². The molecule has 1 aromatic carbocycles. The molecular weight excluding hydrogens is 346 g/mol. The Labute approximate surface area is 139 Å². The molecule has 0 saturated heterocycles. The maximum atomic E-state index is 14.3. The molecule has 0 radical (unpaired) electrons. The molecule has 0 bridgehead atoms. The van der Waals surface area contributed by atoms with E-state index in [0.717, 1.165) is 6.08 Å². The molecule has 2 aromatic rings. The fraction of sp³-hybridized carbons (Fsp3) is 0.125. The average Bonchev–Trinajstić information content (AvgIpc) is 2.55. The molecule has 0 aliphatic rings. The van der Waals surface area contributed by atoms with Gasteiger partial charge in [-0.2, -0.15) is 8.78 Å². The molecule has 9 heteroatoms. The summed E-state index contributed by atoms with van der Waals surface area (Å²) in [6.07, 6.45) is 3.64. The van der Waals surface area contributed by atoms with Crippen molar-refractivity contribution in [3.63, 3.8) is 0 Å². The van der Waals surface area contributed by atoms with E-state index in [9.17, 15) is 22.4 Å². The predicted octanol–water partition coefficient (Wildman–Crippen LogP) is 4.00. The molecule has 0 spiro atoms. The van der Waals surface area contributed by atoms with Crippen LogP contribution in [0.1, 0.15) is 21.5 Å². The van der Waals surface area contributed by atoms with Gasteiger partial charge < -0.3 is 14.6 Å². The average molecular weight is 357 g/mol. The second-order valence-corrected chi connectivity index (χ2v) is 4.67. The van der Waals surface area contributed by atoms with Crippen LogP contribution in [0.2, 0.25) is 0 Å². The maximum Gasteiger partial charge on any atom is 0.387 e. The highest BCUT2D eigenvalue weighted by molar-refractivity contribution is 5.92. The van der Waals surface area contributed by atoms with Crippen molar-refractivity contribution in [2.24, 2.45) is 0 Å². The number of alkyl halides is 2. The number of ether oxygens (including phenoxy) is 2. The van der Waals surface area contributed by atoms with Crippen LogP contribution in [-0.4, -0.2) is 29.8 Å². The van der Waals surface area contributed by atoms with Gasteiger partial charge in [-0.05, 0) is 29.8 Å². The highest BCUT2D eigenvalue weighted by Crippen LogP contribution is 2.30. The lowest BCUT2D eigenvalue weighted by atomic mass is 10.1. The van der Waals surface area contributed by atoms with Crippen molar-refractivity contribution in [2.45, 2.75) is 6.61 Å². The van der Waals surface area contributed by atoms with Crippen LogP contribution >= 0.6 is 0 Å². The predicted molar refractivity (Wildman–Crippen MR) is 79.8 cm³/mol. The van der Waals surface area contributed by atoms with Crippen LogP contribution in [0.4, 0.5) is 17.6 Å². The zero-order valence-corrected chi connectivity index (χ0v) is 12.7. The van der Waals surface area contributed by atoms with Crippen molar-refractivity contribution in [3.05, 3.63) is 53.1 Å². The van der Waals surface area contributed by atoms with Crippen molar-refractivity contribution in [1.29, 1.82) is 0 Å². The number of rotatable bonds is 6. The van der Waals surface area contributed by atoms with Gasteiger partial charge in [0, 0.05) is 11.8 Å². The Morgan fingerprint density at radius 2 is 2.00 bits per heavy atom. The molecular formula is C16H11F4NO4. The van der Waals surface area contributed by atoms with E-state index < -0.39 is 41.1 Å². The SMILES string of the molecule is COc1cncc(/C=C(\F)c2cc(F)c(OC(F)F)c(C(=O)O)c2)c1. The van der Waals surface area contributed by atoms with Crippen LogP contribution in [0.15, 0.2) is 30.6 Å². The molecule has 1 heterocycles. The molecule has 0 unspecified atom stereocenters. The number of aromatic nitrogens is 1. The van der Waals surface area contributed by atoms with Crippen LogP contribution in [0.25, 0.3) is 11.9 Å². The summed E-state index contributed by atoms with van der Waals surface area (Å²) in [4.78, 5) is 14.9. The number of carboxylic acids is 1. The number of hydrogen-bond donors (Lipinski definition) is 1. The first-order valence-corrected chi connectivity index (χ1v) is 6.70. The quantitative estimate of drug-likeness (QED) is 0.792. The molecule has 5 nitrogen and oxygen atoms in total. The molecule has 0 fully saturated rings. The normalized spacial score (nSPS) is 11.5. The summed E-state index contributed by atoms with van der Waals surface area (Å²) in [7, 11) is 1.39. The molecule has 25 heavy (non-hydrogen) atoms. The van der Waals surface area contributed by atoms with Crippen molar-refractivity contribution in [1.82, 2.24) is 4.98 Å². The third-order valence-electron chi connectivity index (χ3n) is 3.02. The number of nitrogens with zero attached hydrogens (tertiary/aromatic N) is 1. The van der Waals surface area contributed by atoms with E-state index in [1.165, 1.54) is 25.6 Å². The van der Waals surface area contributed by atoms with Gasteiger partial charge in [0.2, 0.25) is 0 Å². The Balaban J connectivity index is 2.47. The van der Waals surface area contributed by atoms with Crippen LogP contribution in [0, 0.1) is 5.82 Å². The standard InChI is InChI=1S/C16H11F4NO4/c1-24-10-2-8(6-21-7-10)3-12(17)9-4-11(15(22)23)14(13(18)5-9)25-16(19)20/h2-7,16H,1H3,(H,22,23)/b12-3-. The van der Waals surface area contributed by atoms with E-state index in [2.05, 4.69) is 9.72 Å². The fourth-order valence-electron chi connectivity index (χ4n) is 1.95. The number of benzene rings is 1. The minimum Gasteiger partial charge on any atom is -0.495 e. The summed E-state index contributed by atoms with van der Waals surface area (Å²) in [6.45, 7) is -3.43. The van der Waals surface area contributed by atoms with Crippen molar-refractivity contribution >= 4 is 17.9 Å². The highest BCUT2D eigenvalue weighted by Gasteiger charge is 2.22. The van der Waals surface area contributed by atoms with Gasteiger partial charge in [-0.1, -0.05) is 0 Å². The molecule has 1 aromatic heterocycles. The van der Waals surface area contributed by atoms with E-state index in [1.807, 2.05) is 0 Å². The van der Waals surface area contributed by atoms with Gasteiger partial charge in [-0.15, -0.1) is 0 Å². The number of carboxylic acid groups (broad SMARTS) is 1. The number of halogens is 4. The maximum absolute atomic E-state index is 14.3. The minimum absolute atomic E-state index is 0.266. The van der Waals surface area contributed by atoms with Crippen molar-refractivity contribution < 1.29 is 36.9 Å². The zero-order chi connectivity index (χ0) is 18.6. The molecule has 132 valence electrons.